The fourth-order valence-electron chi connectivity index (χ4n) is 2.16. The Morgan fingerprint density at radius 3 is 2.95 bits per heavy atom. The lowest BCUT2D eigenvalue weighted by molar-refractivity contribution is -0.108. The molecule has 1 amide bonds. The molecule has 1 N–H and O–H groups in total. The normalized spacial score (nSPS) is 19.4. The third kappa shape index (κ3) is 3.73. The SMILES string of the molecule is CCO[C@@H](C)c1ncc(C(=O)NCC2CC(F)(F)C2)s1. The fraction of sp³-hybridized carbons (Fsp3) is 0.692. The molecule has 1 aliphatic carbocycles. The second-order valence-electron chi connectivity index (χ2n) is 5.00. The Kier molecular flexibility index (Phi) is 4.70. The van der Waals surface area contributed by atoms with Crippen molar-refractivity contribution < 1.29 is 18.3 Å². The van der Waals surface area contributed by atoms with Crippen molar-refractivity contribution >= 4 is 17.2 Å². The average Bonchev–Trinajstić information content (AvgIpc) is 2.83. The lowest BCUT2D eigenvalue weighted by Crippen LogP contribution is -2.42. The summed E-state index contributed by atoms with van der Waals surface area (Å²) < 4.78 is 30.7. The van der Waals surface area contributed by atoms with E-state index >= 15 is 0 Å². The van der Waals surface area contributed by atoms with Crippen molar-refractivity contribution in [1.29, 1.82) is 0 Å². The molecule has 112 valence electrons. The van der Waals surface area contributed by atoms with Crippen LogP contribution in [0.4, 0.5) is 8.78 Å². The Morgan fingerprint density at radius 1 is 1.65 bits per heavy atom. The van der Waals surface area contributed by atoms with Crippen molar-refractivity contribution in [2.45, 2.75) is 38.7 Å². The van der Waals surface area contributed by atoms with E-state index in [9.17, 15) is 13.6 Å². The maximum Gasteiger partial charge on any atom is 0.263 e. The second-order valence-corrected chi connectivity index (χ2v) is 6.06. The van der Waals surface area contributed by atoms with Gasteiger partial charge in [-0.25, -0.2) is 13.8 Å². The molecule has 1 aromatic heterocycles. The van der Waals surface area contributed by atoms with Crippen LogP contribution < -0.4 is 5.32 Å². The minimum Gasteiger partial charge on any atom is -0.372 e. The minimum absolute atomic E-state index is 0.122. The van der Waals surface area contributed by atoms with Gasteiger partial charge in [0.25, 0.3) is 5.91 Å². The third-order valence-corrected chi connectivity index (χ3v) is 4.39. The van der Waals surface area contributed by atoms with Gasteiger partial charge in [-0.15, -0.1) is 11.3 Å². The number of ether oxygens (including phenoxy) is 1. The van der Waals surface area contributed by atoms with Crippen molar-refractivity contribution in [3.63, 3.8) is 0 Å². The van der Waals surface area contributed by atoms with Crippen LogP contribution in [0.15, 0.2) is 6.20 Å². The Balaban J connectivity index is 1.81. The molecule has 0 aliphatic heterocycles. The summed E-state index contributed by atoms with van der Waals surface area (Å²) in [7, 11) is 0. The molecule has 1 fully saturated rings. The number of amides is 1. The van der Waals surface area contributed by atoms with Crippen LogP contribution in [0.1, 0.15) is 47.5 Å². The molecule has 1 aromatic rings. The van der Waals surface area contributed by atoms with Crippen LogP contribution in [-0.2, 0) is 4.74 Å². The highest BCUT2D eigenvalue weighted by atomic mass is 32.1. The van der Waals surface area contributed by atoms with Gasteiger partial charge in [-0.2, -0.15) is 0 Å². The predicted octanol–water partition coefficient (Wildman–Crippen LogP) is 3.02. The van der Waals surface area contributed by atoms with Crippen LogP contribution in [-0.4, -0.2) is 30.0 Å². The first-order chi connectivity index (χ1) is 9.41. The monoisotopic (exact) mass is 304 g/mol. The summed E-state index contributed by atoms with van der Waals surface area (Å²) in [4.78, 5) is 16.5. The fourth-order valence-corrected chi connectivity index (χ4v) is 2.99. The largest absolute Gasteiger partial charge is 0.372 e. The highest BCUT2D eigenvalue weighted by Crippen LogP contribution is 2.41. The predicted molar refractivity (Wildman–Crippen MR) is 72.2 cm³/mol. The summed E-state index contributed by atoms with van der Waals surface area (Å²) in [6.07, 6.45) is 1.09. The Labute approximate surface area is 120 Å². The average molecular weight is 304 g/mol. The van der Waals surface area contributed by atoms with Gasteiger partial charge < -0.3 is 10.1 Å². The number of rotatable bonds is 6. The van der Waals surface area contributed by atoms with Crippen molar-refractivity contribution in [2.75, 3.05) is 13.2 Å². The second kappa shape index (κ2) is 6.13. The van der Waals surface area contributed by atoms with Crippen LogP contribution in [0, 0.1) is 5.92 Å². The van der Waals surface area contributed by atoms with Crippen LogP contribution in [0.25, 0.3) is 0 Å². The molecule has 0 unspecified atom stereocenters. The summed E-state index contributed by atoms with van der Waals surface area (Å²) in [5, 5.41) is 3.42. The van der Waals surface area contributed by atoms with Crippen LogP contribution >= 0.6 is 11.3 Å². The highest BCUT2D eigenvalue weighted by Gasteiger charge is 2.45. The molecular formula is C13H18F2N2O2S. The molecule has 1 heterocycles. The molecule has 1 aliphatic rings. The molecule has 1 atom stereocenters. The number of halogens is 2. The molecule has 0 bridgehead atoms. The quantitative estimate of drug-likeness (QED) is 0.879. The van der Waals surface area contributed by atoms with Gasteiger partial charge in [0.15, 0.2) is 0 Å². The van der Waals surface area contributed by atoms with E-state index in [4.69, 9.17) is 4.74 Å². The van der Waals surface area contributed by atoms with Gasteiger partial charge in [0.1, 0.15) is 16.0 Å². The Hall–Kier alpha value is -1.08. The van der Waals surface area contributed by atoms with E-state index in [-0.39, 0.29) is 30.8 Å². The zero-order chi connectivity index (χ0) is 14.8. The first-order valence-corrected chi connectivity index (χ1v) is 7.46. The number of nitrogens with one attached hydrogen (secondary N) is 1. The number of carbonyl (C=O) groups excluding carboxylic acids is 1. The highest BCUT2D eigenvalue weighted by molar-refractivity contribution is 7.13. The number of alkyl halides is 2. The molecule has 1 saturated carbocycles. The van der Waals surface area contributed by atoms with E-state index < -0.39 is 5.92 Å². The maximum absolute atomic E-state index is 12.7. The van der Waals surface area contributed by atoms with Crippen LogP contribution in [0.5, 0.6) is 0 Å². The summed E-state index contributed by atoms with van der Waals surface area (Å²) in [6, 6.07) is 0. The maximum atomic E-state index is 12.7. The first-order valence-electron chi connectivity index (χ1n) is 6.64. The van der Waals surface area contributed by atoms with E-state index in [1.807, 2.05) is 13.8 Å². The summed E-state index contributed by atoms with van der Waals surface area (Å²) >= 11 is 1.27. The number of aromatic nitrogens is 1. The number of hydrogen-bond acceptors (Lipinski definition) is 4. The van der Waals surface area contributed by atoms with Gasteiger partial charge in [0.05, 0.1) is 6.20 Å². The van der Waals surface area contributed by atoms with Crippen molar-refractivity contribution in [3.8, 4) is 0 Å². The summed E-state index contributed by atoms with van der Waals surface area (Å²) in [5.74, 6) is -2.92. The number of hydrogen-bond donors (Lipinski definition) is 1. The molecule has 7 heteroatoms. The third-order valence-electron chi connectivity index (χ3n) is 3.24. The van der Waals surface area contributed by atoms with Gasteiger partial charge in [-0.3, -0.25) is 4.79 Å². The van der Waals surface area contributed by atoms with Crippen LogP contribution in [0.3, 0.4) is 0 Å². The van der Waals surface area contributed by atoms with Gasteiger partial charge in [-0.05, 0) is 19.8 Å². The molecule has 0 radical (unpaired) electrons. The summed E-state index contributed by atoms with van der Waals surface area (Å²) in [6.45, 7) is 4.65. The molecular weight excluding hydrogens is 286 g/mol. The number of thiazole rings is 1. The zero-order valence-electron chi connectivity index (χ0n) is 11.5. The van der Waals surface area contributed by atoms with Crippen molar-refractivity contribution in [3.05, 3.63) is 16.1 Å². The molecule has 0 saturated heterocycles. The molecule has 4 nitrogen and oxygen atoms in total. The van der Waals surface area contributed by atoms with E-state index in [1.165, 1.54) is 17.5 Å². The van der Waals surface area contributed by atoms with Crippen LogP contribution in [0.2, 0.25) is 0 Å². The molecule has 0 aromatic carbocycles. The topological polar surface area (TPSA) is 51.2 Å². The van der Waals surface area contributed by atoms with E-state index in [2.05, 4.69) is 10.3 Å². The van der Waals surface area contributed by atoms with Crippen molar-refractivity contribution in [1.82, 2.24) is 10.3 Å². The lowest BCUT2D eigenvalue weighted by atomic mass is 9.81. The van der Waals surface area contributed by atoms with Gasteiger partial charge in [0.2, 0.25) is 5.92 Å². The Bertz CT molecular complexity index is 471. The molecule has 2 rings (SSSR count). The zero-order valence-corrected chi connectivity index (χ0v) is 12.3. The standard InChI is InChI=1S/C13H18F2N2O2S/c1-3-19-8(2)12-17-7-10(20-12)11(18)16-6-9-4-13(14,15)5-9/h7-9H,3-6H2,1-2H3,(H,16,18)/t8-/m0/s1. The summed E-state index contributed by atoms with van der Waals surface area (Å²) in [5.41, 5.74) is 0. The van der Waals surface area contributed by atoms with Gasteiger partial charge >= 0.3 is 0 Å². The smallest absolute Gasteiger partial charge is 0.263 e. The van der Waals surface area contributed by atoms with E-state index in [0.717, 1.165) is 5.01 Å². The number of nitrogens with zero attached hydrogens (tertiary/aromatic N) is 1. The minimum atomic E-state index is -2.54. The molecule has 0 spiro atoms. The van der Waals surface area contributed by atoms with Gasteiger partial charge in [-0.1, -0.05) is 0 Å². The lowest BCUT2D eigenvalue weighted by Gasteiger charge is -2.34. The Morgan fingerprint density at radius 2 is 2.35 bits per heavy atom. The van der Waals surface area contributed by atoms with E-state index in [0.29, 0.717) is 18.0 Å². The van der Waals surface area contributed by atoms with Crippen molar-refractivity contribution in [2.24, 2.45) is 5.92 Å². The first kappa shape index (κ1) is 15.3. The number of carbonyl (C=O) groups is 1. The van der Waals surface area contributed by atoms with E-state index in [1.54, 1.807) is 0 Å². The van der Waals surface area contributed by atoms with Gasteiger partial charge in [0, 0.05) is 26.0 Å². The molecule has 20 heavy (non-hydrogen) atoms.